The fraction of sp³-hybridized carbons (Fsp3) is 0.438. The van der Waals surface area contributed by atoms with Crippen LogP contribution in [0.4, 0.5) is 0 Å². The minimum Gasteiger partial charge on any atom is -0.497 e. The van der Waals surface area contributed by atoms with Crippen LogP contribution >= 0.6 is 0 Å². The Kier molecular flexibility index (Phi) is 6.70. The molecule has 0 saturated carbocycles. The van der Waals surface area contributed by atoms with Crippen molar-refractivity contribution in [2.75, 3.05) is 7.11 Å². The molecule has 0 bridgehead atoms. The molecule has 19 heavy (non-hydrogen) atoms. The predicted molar refractivity (Wildman–Crippen MR) is 74.9 cm³/mol. The molecule has 102 valence electrons. The van der Waals surface area contributed by atoms with E-state index in [-0.39, 0.29) is 11.9 Å². The van der Waals surface area contributed by atoms with E-state index in [2.05, 4.69) is 5.92 Å². The van der Waals surface area contributed by atoms with Crippen LogP contribution in [0.15, 0.2) is 24.3 Å². The Labute approximate surface area is 114 Å². The number of ether oxygens (including phenoxy) is 2. The monoisotopic (exact) mass is 260 g/mol. The van der Waals surface area contributed by atoms with Crippen molar-refractivity contribution in [1.29, 1.82) is 0 Å². The average Bonchev–Trinajstić information content (AvgIpc) is 2.42. The first-order valence-electron chi connectivity index (χ1n) is 6.33. The van der Waals surface area contributed by atoms with Crippen molar-refractivity contribution in [3.63, 3.8) is 0 Å². The lowest BCUT2D eigenvalue weighted by molar-refractivity contribution is -0.120. The van der Waals surface area contributed by atoms with Gasteiger partial charge in [-0.05, 0) is 31.0 Å². The van der Waals surface area contributed by atoms with Gasteiger partial charge in [-0.1, -0.05) is 12.1 Å². The van der Waals surface area contributed by atoms with Crippen LogP contribution in [-0.4, -0.2) is 19.0 Å². The zero-order valence-electron chi connectivity index (χ0n) is 11.5. The summed E-state index contributed by atoms with van der Waals surface area (Å²) in [6.07, 6.45) is 6.90. The molecule has 1 aromatic carbocycles. The molecule has 0 aromatic heterocycles. The summed E-state index contributed by atoms with van der Waals surface area (Å²) in [5, 5.41) is 0. The first-order chi connectivity index (χ1) is 9.15. The molecule has 0 aliphatic heterocycles. The topological polar surface area (TPSA) is 35.5 Å². The number of Topliss-reactive ketones (excluding diaryl/α,β-unsaturated/α-hetero) is 1. The number of methoxy groups -OCH3 is 1. The van der Waals surface area contributed by atoms with Crippen LogP contribution in [0.25, 0.3) is 0 Å². The fourth-order valence-electron chi connectivity index (χ4n) is 1.75. The maximum atomic E-state index is 11.2. The van der Waals surface area contributed by atoms with E-state index >= 15 is 0 Å². The summed E-state index contributed by atoms with van der Waals surface area (Å²) in [4.78, 5) is 11.2. The lowest BCUT2D eigenvalue weighted by Gasteiger charge is -2.15. The second-order valence-electron chi connectivity index (χ2n) is 4.43. The highest BCUT2D eigenvalue weighted by molar-refractivity contribution is 5.75. The van der Waals surface area contributed by atoms with Crippen LogP contribution < -0.4 is 4.74 Å². The fourth-order valence-corrected chi connectivity index (χ4v) is 1.75. The summed E-state index contributed by atoms with van der Waals surface area (Å²) in [7, 11) is 1.63. The van der Waals surface area contributed by atoms with Crippen molar-refractivity contribution in [2.24, 2.45) is 0 Å². The molecule has 3 nitrogen and oxygen atoms in total. The van der Waals surface area contributed by atoms with E-state index in [1.54, 1.807) is 14.0 Å². The van der Waals surface area contributed by atoms with E-state index in [1.165, 1.54) is 0 Å². The Bertz CT molecular complexity index is 428. The average molecular weight is 260 g/mol. The van der Waals surface area contributed by atoms with Crippen molar-refractivity contribution in [1.82, 2.24) is 0 Å². The minimum absolute atomic E-state index is 0.101. The van der Waals surface area contributed by atoms with Crippen molar-refractivity contribution < 1.29 is 14.3 Å². The van der Waals surface area contributed by atoms with E-state index < -0.39 is 0 Å². The van der Waals surface area contributed by atoms with Gasteiger partial charge < -0.3 is 9.47 Å². The molecule has 0 aliphatic carbocycles. The third-order valence-electron chi connectivity index (χ3n) is 2.77. The van der Waals surface area contributed by atoms with Gasteiger partial charge in [-0.2, -0.15) is 0 Å². The maximum absolute atomic E-state index is 11.2. The minimum atomic E-state index is -0.101. The van der Waals surface area contributed by atoms with E-state index in [1.807, 2.05) is 24.3 Å². The molecule has 3 heteroatoms. The van der Waals surface area contributed by atoms with Gasteiger partial charge in [0.15, 0.2) is 0 Å². The lowest BCUT2D eigenvalue weighted by atomic mass is 10.1. The standard InChI is InChI=1S/C16H20O3/c1-4-5-6-16(11-13(2)17)19-12-14-7-9-15(18-3)10-8-14/h1,7-10,16H,5-6,11-12H2,2-3H3/t16-/m0/s1. The highest BCUT2D eigenvalue weighted by atomic mass is 16.5. The number of hydrogen-bond donors (Lipinski definition) is 0. The van der Waals surface area contributed by atoms with Crippen molar-refractivity contribution in [3.05, 3.63) is 29.8 Å². The van der Waals surface area contributed by atoms with Crippen LogP contribution in [0.3, 0.4) is 0 Å². The van der Waals surface area contributed by atoms with Gasteiger partial charge in [0.25, 0.3) is 0 Å². The molecule has 0 spiro atoms. The summed E-state index contributed by atoms with van der Waals surface area (Å²) in [5.41, 5.74) is 1.05. The molecule has 0 fully saturated rings. The van der Waals surface area contributed by atoms with Crippen LogP contribution in [0.5, 0.6) is 5.75 Å². The van der Waals surface area contributed by atoms with Crippen LogP contribution in [-0.2, 0) is 16.1 Å². The molecule has 1 rings (SSSR count). The van der Waals surface area contributed by atoms with E-state index in [4.69, 9.17) is 15.9 Å². The Morgan fingerprint density at radius 2 is 2.05 bits per heavy atom. The summed E-state index contributed by atoms with van der Waals surface area (Å²) < 4.78 is 10.9. The Balaban J connectivity index is 2.49. The molecular weight excluding hydrogens is 240 g/mol. The molecule has 0 aliphatic rings. The first kappa shape index (κ1) is 15.3. The SMILES string of the molecule is C#CCC[C@@H](CC(C)=O)OCc1ccc(OC)cc1. The molecule has 0 radical (unpaired) electrons. The third kappa shape index (κ3) is 6.08. The van der Waals surface area contributed by atoms with Crippen LogP contribution in [0.1, 0.15) is 31.7 Å². The van der Waals surface area contributed by atoms with Crippen LogP contribution in [0.2, 0.25) is 0 Å². The Hall–Kier alpha value is -1.79. The molecule has 0 N–H and O–H groups in total. The summed E-state index contributed by atoms with van der Waals surface area (Å²) in [6, 6.07) is 7.68. The second-order valence-corrected chi connectivity index (χ2v) is 4.43. The molecule has 0 amide bonds. The number of rotatable bonds is 8. The number of terminal acetylenes is 1. The van der Waals surface area contributed by atoms with E-state index in [0.717, 1.165) is 11.3 Å². The van der Waals surface area contributed by atoms with E-state index in [0.29, 0.717) is 25.9 Å². The van der Waals surface area contributed by atoms with Crippen LogP contribution in [0, 0.1) is 12.3 Å². The maximum Gasteiger partial charge on any atom is 0.132 e. The van der Waals surface area contributed by atoms with Gasteiger partial charge in [0.1, 0.15) is 11.5 Å². The van der Waals surface area contributed by atoms with Gasteiger partial charge in [0.2, 0.25) is 0 Å². The van der Waals surface area contributed by atoms with E-state index in [9.17, 15) is 4.79 Å². The summed E-state index contributed by atoms with van der Waals surface area (Å²) >= 11 is 0. The zero-order valence-corrected chi connectivity index (χ0v) is 11.5. The van der Waals surface area contributed by atoms with Gasteiger partial charge in [0.05, 0.1) is 19.8 Å². The normalized spacial score (nSPS) is 11.6. The number of hydrogen-bond acceptors (Lipinski definition) is 3. The third-order valence-corrected chi connectivity index (χ3v) is 2.77. The molecular formula is C16H20O3. The quantitative estimate of drug-likeness (QED) is 0.674. The van der Waals surface area contributed by atoms with Crippen molar-refractivity contribution in [2.45, 2.75) is 38.9 Å². The molecule has 1 aromatic rings. The summed E-state index contributed by atoms with van der Waals surface area (Å²) in [5.74, 6) is 3.51. The predicted octanol–water partition coefficient (Wildman–Crippen LogP) is 2.97. The lowest BCUT2D eigenvalue weighted by Crippen LogP contribution is -2.16. The molecule has 0 saturated heterocycles. The van der Waals surface area contributed by atoms with Gasteiger partial charge in [-0.3, -0.25) is 4.79 Å². The largest absolute Gasteiger partial charge is 0.497 e. The smallest absolute Gasteiger partial charge is 0.132 e. The molecule has 1 atom stereocenters. The zero-order chi connectivity index (χ0) is 14.1. The number of carbonyl (C=O) groups excluding carboxylic acids is 1. The second kappa shape index (κ2) is 8.34. The van der Waals surface area contributed by atoms with Gasteiger partial charge >= 0.3 is 0 Å². The molecule has 0 unspecified atom stereocenters. The highest BCUT2D eigenvalue weighted by Gasteiger charge is 2.11. The van der Waals surface area contributed by atoms with Crippen molar-refractivity contribution in [3.8, 4) is 18.1 Å². The molecule has 0 heterocycles. The Morgan fingerprint density at radius 1 is 1.37 bits per heavy atom. The first-order valence-corrected chi connectivity index (χ1v) is 6.33. The van der Waals surface area contributed by atoms with Crippen molar-refractivity contribution >= 4 is 5.78 Å². The number of carbonyl (C=O) groups is 1. The highest BCUT2D eigenvalue weighted by Crippen LogP contribution is 2.15. The number of ketones is 1. The van der Waals surface area contributed by atoms with Gasteiger partial charge in [-0.15, -0.1) is 12.3 Å². The van der Waals surface area contributed by atoms with Gasteiger partial charge in [0, 0.05) is 12.8 Å². The number of benzene rings is 1. The Morgan fingerprint density at radius 3 is 2.58 bits per heavy atom. The summed E-state index contributed by atoms with van der Waals surface area (Å²) in [6.45, 7) is 2.05. The van der Waals surface area contributed by atoms with Gasteiger partial charge in [-0.25, -0.2) is 0 Å².